The second-order valence-corrected chi connectivity index (χ2v) is 5.38. The van der Waals surface area contributed by atoms with Gasteiger partial charge in [0.1, 0.15) is 0 Å². The van der Waals surface area contributed by atoms with Crippen molar-refractivity contribution in [1.29, 1.82) is 0 Å². The fraction of sp³-hybridized carbons (Fsp3) is 0.118. The Kier molecular flexibility index (Phi) is 4.68. The molecule has 0 aliphatic heterocycles. The Hall–Kier alpha value is -2.66. The van der Waals surface area contributed by atoms with E-state index in [0.717, 1.165) is 11.1 Å². The van der Waals surface area contributed by atoms with Crippen LogP contribution in [0.15, 0.2) is 59.0 Å². The molecule has 0 saturated carbocycles. The van der Waals surface area contributed by atoms with Gasteiger partial charge in [-0.25, -0.2) is 0 Å². The molecular weight excluding hydrogens is 314 g/mol. The third-order valence-corrected chi connectivity index (χ3v) is 3.45. The number of amides is 1. The highest BCUT2D eigenvalue weighted by atomic mass is 35.5. The molecule has 3 rings (SSSR count). The van der Waals surface area contributed by atoms with Gasteiger partial charge in [0.15, 0.2) is 0 Å². The Morgan fingerprint density at radius 3 is 2.52 bits per heavy atom. The summed E-state index contributed by atoms with van der Waals surface area (Å²) in [4.78, 5) is 11.9. The zero-order chi connectivity index (χ0) is 16.1. The van der Waals surface area contributed by atoms with Crippen LogP contribution >= 0.6 is 11.6 Å². The largest absolute Gasteiger partial charge is 0.419 e. The number of carbonyl (C=O) groups excluding carboxylic acids is 1. The molecule has 0 fully saturated rings. The zero-order valence-corrected chi connectivity index (χ0v) is 13.0. The van der Waals surface area contributed by atoms with Crippen molar-refractivity contribution in [2.75, 3.05) is 0 Å². The van der Waals surface area contributed by atoms with Gasteiger partial charge in [0.25, 0.3) is 0 Å². The molecule has 1 heterocycles. The van der Waals surface area contributed by atoms with E-state index < -0.39 is 0 Å². The first kappa shape index (κ1) is 15.2. The standard InChI is InChI=1S/C17H14ClN3O2/c18-14-8-6-13(7-9-14)17-21-20-16(23-17)11-19-15(22)10-12-4-2-1-3-5-12/h1-9H,10-11H2,(H,19,22). The molecule has 0 saturated heterocycles. The lowest BCUT2D eigenvalue weighted by atomic mass is 10.1. The van der Waals surface area contributed by atoms with Crippen molar-refractivity contribution in [2.45, 2.75) is 13.0 Å². The van der Waals surface area contributed by atoms with Gasteiger partial charge in [-0.05, 0) is 29.8 Å². The van der Waals surface area contributed by atoms with Gasteiger partial charge in [0.2, 0.25) is 17.7 Å². The normalized spacial score (nSPS) is 10.5. The van der Waals surface area contributed by atoms with Gasteiger partial charge in [-0.1, -0.05) is 41.9 Å². The predicted octanol–water partition coefficient (Wildman–Crippen LogP) is 3.25. The summed E-state index contributed by atoms with van der Waals surface area (Å²) in [6, 6.07) is 16.6. The molecule has 1 amide bonds. The smallest absolute Gasteiger partial charge is 0.247 e. The summed E-state index contributed by atoms with van der Waals surface area (Å²) in [5, 5.41) is 11.3. The van der Waals surface area contributed by atoms with Crippen LogP contribution in [0.3, 0.4) is 0 Å². The lowest BCUT2D eigenvalue weighted by Crippen LogP contribution is -2.24. The van der Waals surface area contributed by atoms with Crippen LogP contribution in [0.25, 0.3) is 11.5 Å². The summed E-state index contributed by atoms with van der Waals surface area (Å²) in [5.74, 6) is 0.660. The SMILES string of the molecule is O=C(Cc1ccccc1)NCc1nnc(-c2ccc(Cl)cc2)o1. The summed E-state index contributed by atoms with van der Waals surface area (Å²) in [5.41, 5.74) is 1.74. The Morgan fingerprint density at radius 1 is 1.04 bits per heavy atom. The minimum atomic E-state index is -0.0950. The van der Waals surface area contributed by atoms with Crippen LogP contribution in [0, 0.1) is 0 Å². The second kappa shape index (κ2) is 7.07. The van der Waals surface area contributed by atoms with Crippen molar-refractivity contribution < 1.29 is 9.21 Å². The highest BCUT2D eigenvalue weighted by Crippen LogP contribution is 2.20. The van der Waals surface area contributed by atoms with Crippen LogP contribution < -0.4 is 5.32 Å². The Bertz CT molecular complexity index is 785. The van der Waals surface area contributed by atoms with Crippen LogP contribution in [0.2, 0.25) is 5.02 Å². The van der Waals surface area contributed by atoms with Crippen LogP contribution in [0.4, 0.5) is 0 Å². The fourth-order valence-corrected chi connectivity index (χ4v) is 2.18. The van der Waals surface area contributed by atoms with Crippen LogP contribution in [-0.2, 0) is 17.8 Å². The Balaban J connectivity index is 1.57. The van der Waals surface area contributed by atoms with Crippen LogP contribution in [0.1, 0.15) is 11.5 Å². The van der Waals surface area contributed by atoms with E-state index in [1.165, 1.54) is 0 Å². The van der Waals surface area contributed by atoms with Crippen molar-refractivity contribution in [2.24, 2.45) is 0 Å². The van der Waals surface area contributed by atoms with E-state index in [1.807, 2.05) is 30.3 Å². The molecule has 6 heteroatoms. The van der Waals surface area contributed by atoms with Crippen molar-refractivity contribution in [1.82, 2.24) is 15.5 Å². The van der Waals surface area contributed by atoms with E-state index in [9.17, 15) is 4.79 Å². The van der Waals surface area contributed by atoms with Crippen molar-refractivity contribution in [3.8, 4) is 11.5 Å². The van der Waals surface area contributed by atoms with Crippen molar-refractivity contribution >= 4 is 17.5 Å². The number of hydrogen-bond donors (Lipinski definition) is 1. The molecule has 0 aliphatic carbocycles. The van der Waals surface area contributed by atoms with Crippen molar-refractivity contribution in [3.05, 3.63) is 71.1 Å². The van der Waals surface area contributed by atoms with Gasteiger partial charge < -0.3 is 9.73 Å². The third kappa shape index (κ3) is 4.17. The maximum absolute atomic E-state index is 11.9. The molecule has 2 aromatic carbocycles. The zero-order valence-electron chi connectivity index (χ0n) is 12.2. The van der Waals surface area contributed by atoms with Gasteiger partial charge in [0, 0.05) is 10.6 Å². The minimum absolute atomic E-state index is 0.0950. The van der Waals surface area contributed by atoms with Crippen LogP contribution in [-0.4, -0.2) is 16.1 Å². The molecular formula is C17H14ClN3O2. The third-order valence-electron chi connectivity index (χ3n) is 3.20. The molecule has 0 aliphatic rings. The summed E-state index contributed by atoms with van der Waals surface area (Å²) in [6.07, 6.45) is 0.318. The molecule has 3 aromatic rings. The number of carbonyl (C=O) groups is 1. The van der Waals surface area contributed by atoms with E-state index in [4.69, 9.17) is 16.0 Å². The molecule has 0 atom stereocenters. The highest BCUT2D eigenvalue weighted by Gasteiger charge is 2.10. The highest BCUT2D eigenvalue weighted by molar-refractivity contribution is 6.30. The molecule has 1 N–H and O–H groups in total. The molecule has 0 bridgehead atoms. The number of aromatic nitrogens is 2. The fourth-order valence-electron chi connectivity index (χ4n) is 2.05. The molecule has 23 heavy (non-hydrogen) atoms. The Labute approximate surface area is 138 Å². The van der Waals surface area contributed by atoms with E-state index in [1.54, 1.807) is 24.3 Å². The van der Waals surface area contributed by atoms with E-state index in [-0.39, 0.29) is 12.5 Å². The lowest BCUT2D eigenvalue weighted by molar-refractivity contribution is -0.120. The summed E-state index contributed by atoms with van der Waals surface area (Å²) in [7, 11) is 0. The average molecular weight is 328 g/mol. The van der Waals surface area contributed by atoms with E-state index >= 15 is 0 Å². The summed E-state index contributed by atoms with van der Waals surface area (Å²) in [6.45, 7) is 0.201. The van der Waals surface area contributed by atoms with Crippen LogP contribution in [0.5, 0.6) is 0 Å². The number of rotatable bonds is 5. The first-order chi connectivity index (χ1) is 11.2. The predicted molar refractivity (Wildman–Crippen MR) is 86.7 cm³/mol. The van der Waals surface area contributed by atoms with E-state index in [2.05, 4.69) is 15.5 Å². The number of halogens is 1. The topological polar surface area (TPSA) is 68.0 Å². The number of nitrogens with zero attached hydrogens (tertiary/aromatic N) is 2. The molecule has 0 spiro atoms. The first-order valence-electron chi connectivity index (χ1n) is 7.09. The summed E-state index contributed by atoms with van der Waals surface area (Å²) >= 11 is 5.84. The lowest BCUT2D eigenvalue weighted by Gasteiger charge is -2.02. The molecule has 116 valence electrons. The maximum Gasteiger partial charge on any atom is 0.247 e. The minimum Gasteiger partial charge on any atom is -0.419 e. The maximum atomic E-state index is 11.9. The second-order valence-electron chi connectivity index (χ2n) is 4.95. The molecule has 0 unspecified atom stereocenters. The number of hydrogen-bond acceptors (Lipinski definition) is 4. The first-order valence-corrected chi connectivity index (χ1v) is 7.47. The van der Waals surface area contributed by atoms with Gasteiger partial charge in [-0.3, -0.25) is 4.79 Å². The van der Waals surface area contributed by atoms with Gasteiger partial charge >= 0.3 is 0 Å². The number of benzene rings is 2. The monoisotopic (exact) mass is 327 g/mol. The van der Waals surface area contributed by atoms with Gasteiger partial charge in [-0.2, -0.15) is 0 Å². The van der Waals surface area contributed by atoms with Gasteiger partial charge in [-0.15, -0.1) is 10.2 Å². The Morgan fingerprint density at radius 2 is 1.78 bits per heavy atom. The summed E-state index contributed by atoms with van der Waals surface area (Å²) < 4.78 is 5.53. The molecule has 1 aromatic heterocycles. The van der Waals surface area contributed by atoms with Crippen molar-refractivity contribution in [3.63, 3.8) is 0 Å². The van der Waals surface area contributed by atoms with Gasteiger partial charge in [0.05, 0.1) is 13.0 Å². The average Bonchev–Trinajstić information content (AvgIpc) is 3.04. The number of nitrogens with one attached hydrogen (secondary N) is 1. The van der Waals surface area contributed by atoms with E-state index in [0.29, 0.717) is 23.2 Å². The quantitative estimate of drug-likeness (QED) is 0.781. The molecule has 5 nitrogen and oxygen atoms in total. The molecule has 0 radical (unpaired) electrons.